The van der Waals surface area contributed by atoms with Crippen molar-refractivity contribution in [1.82, 2.24) is 0 Å². The maximum absolute atomic E-state index is 12.9. The summed E-state index contributed by atoms with van der Waals surface area (Å²) in [5.74, 6) is 0.133. The van der Waals surface area contributed by atoms with Crippen molar-refractivity contribution in [2.75, 3.05) is 18.1 Å². The summed E-state index contributed by atoms with van der Waals surface area (Å²) in [5, 5.41) is 11.0. The first-order chi connectivity index (χ1) is 12.8. The molecule has 27 heavy (non-hydrogen) atoms. The van der Waals surface area contributed by atoms with E-state index < -0.39 is 11.5 Å². The minimum absolute atomic E-state index is 0.210. The molecule has 1 N–H and O–H groups in total. The van der Waals surface area contributed by atoms with Crippen LogP contribution in [0.1, 0.15) is 36.5 Å². The van der Waals surface area contributed by atoms with Gasteiger partial charge in [0.25, 0.3) is 5.91 Å². The van der Waals surface area contributed by atoms with Gasteiger partial charge in [0, 0.05) is 18.5 Å². The molecule has 2 aromatic carbocycles. The molecule has 5 heteroatoms. The first-order valence-corrected chi connectivity index (χ1v) is 9.15. The van der Waals surface area contributed by atoms with Gasteiger partial charge in [0.05, 0.1) is 12.3 Å². The van der Waals surface area contributed by atoms with Gasteiger partial charge in [-0.1, -0.05) is 35.4 Å². The number of benzene rings is 2. The molecule has 0 saturated carbocycles. The number of amides is 1. The highest BCUT2D eigenvalue weighted by molar-refractivity contribution is 6.08. The zero-order valence-corrected chi connectivity index (χ0v) is 16.0. The lowest BCUT2D eigenvalue weighted by molar-refractivity contribution is -0.141. The monoisotopic (exact) mass is 367 g/mol. The normalized spacial score (nSPS) is 18.5. The van der Waals surface area contributed by atoms with Crippen molar-refractivity contribution in [2.24, 2.45) is 0 Å². The van der Waals surface area contributed by atoms with Crippen LogP contribution in [0, 0.1) is 13.8 Å². The molecule has 0 aliphatic carbocycles. The van der Waals surface area contributed by atoms with Gasteiger partial charge >= 0.3 is 0 Å². The van der Waals surface area contributed by atoms with Crippen molar-refractivity contribution < 1.29 is 19.4 Å². The van der Waals surface area contributed by atoms with Crippen molar-refractivity contribution in [2.45, 2.75) is 39.2 Å². The fraction of sp³-hybridized carbons (Fsp3) is 0.364. The third-order valence-electron chi connectivity index (χ3n) is 4.81. The number of fused-ring (bicyclic) bond motifs is 1. The number of hydrogen-bond acceptors (Lipinski definition) is 4. The van der Waals surface area contributed by atoms with Crippen LogP contribution >= 0.6 is 0 Å². The maximum atomic E-state index is 12.9. The van der Waals surface area contributed by atoms with Gasteiger partial charge in [-0.2, -0.15) is 0 Å². The highest BCUT2D eigenvalue weighted by Crippen LogP contribution is 2.43. The predicted octanol–water partition coefficient (Wildman–Crippen LogP) is 3.29. The van der Waals surface area contributed by atoms with E-state index in [9.17, 15) is 14.7 Å². The smallest absolute Gasteiger partial charge is 0.264 e. The maximum Gasteiger partial charge on any atom is 0.264 e. The summed E-state index contributed by atoms with van der Waals surface area (Å²) >= 11 is 0. The second kappa shape index (κ2) is 7.53. The van der Waals surface area contributed by atoms with E-state index in [0.717, 1.165) is 11.3 Å². The molecule has 1 aliphatic heterocycles. The summed E-state index contributed by atoms with van der Waals surface area (Å²) < 4.78 is 5.73. The Balaban J connectivity index is 1.71. The molecular formula is C22H25NO4. The van der Waals surface area contributed by atoms with E-state index in [4.69, 9.17) is 4.74 Å². The van der Waals surface area contributed by atoms with Gasteiger partial charge in [0.1, 0.15) is 11.5 Å². The lowest BCUT2D eigenvalue weighted by Gasteiger charge is -2.22. The van der Waals surface area contributed by atoms with Crippen molar-refractivity contribution in [3.05, 3.63) is 59.2 Å². The Hall–Kier alpha value is -2.66. The van der Waals surface area contributed by atoms with E-state index in [0.29, 0.717) is 30.8 Å². The molecule has 1 heterocycles. The second-order valence-electron chi connectivity index (χ2n) is 7.23. The zero-order valence-electron chi connectivity index (χ0n) is 16.0. The molecule has 1 atom stereocenters. The number of aryl methyl sites for hydroxylation is 2. The summed E-state index contributed by atoms with van der Waals surface area (Å²) in [4.78, 5) is 26.1. The fourth-order valence-electron chi connectivity index (χ4n) is 3.46. The molecule has 0 fully saturated rings. The molecule has 1 amide bonds. The number of rotatable bonds is 7. The predicted molar refractivity (Wildman–Crippen MR) is 104 cm³/mol. The lowest BCUT2D eigenvalue weighted by Crippen LogP contribution is -2.42. The van der Waals surface area contributed by atoms with Crippen molar-refractivity contribution >= 4 is 17.4 Å². The van der Waals surface area contributed by atoms with Crippen LogP contribution < -0.4 is 9.64 Å². The summed E-state index contributed by atoms with van der Waals surface area (Å²) in [7, 11) is 0. The number of nitrogens with zero attached hydrogens (tertiary/aromatic N) is 1. The van der Waals surface area contributed by atoms with Gasteiger partial charge in [-0.15, -0.1) is 0 Å². The van der Waals surface area contributed by atoms with E-state index in [2.05, 4.69) is 0 Å². The number of carbonyl (C=O) groups excluding carboxylic acids is 2. The minimum atomic E-state index is -1.77. The Morgan fingerprint density at radius 1 is 1.11 bits per heavy atom. The Kier molecular flexibility index (Phi) is 5.33. The molecule has 0 aromatic heterocycles. The van der Waals surface area contributed by atoms with Crippen molar-refractivity contribution in [3.63, 3.8) is 0 Å². The fourth-order valence-corrected chi connectivity index (χ4v) is 3.46. The van der Waals surface area contributed by atoms with E-state index >= 15 is 0 Å². The van der Waals surface area contributed by atoms with Gasteiger partial charge in [-0.25, -0.2) is 0 Å². The third kappa shape index (κ3) is 3.88. The van der Waals surface area contributed by atoms with Crippen LogP contribution in [0.5, 0.6) is 5.75 Å². The second-order valence-corrected chi connectivity index (χ2v) is 7.23. The van der Waals surface area contributed by atoms with Gasteiger partial charge in [0.2, 0.25) is 0 Å². The molecule has 5 nitrogen and oxygen atoms in total. The van der Waals surface area contributed by atoms with Crippen LogP contribution in [-0.2, 0) is 15.2 Å². The number of Topliss-reactive ketones (excluding diaryl/α,β-unsaturated/α-hetero) is 1. The van der Waals surface area contributed by atoms with Crippen molar-refractivity contribution in [1.29, 1.82) is 0 Å². The molecule has 0 saturated heterocycles. The quantitative estimate of drug-likeness (QED) is 0.763. The van der Waals surface area contributed by atoms with Gasteiger partial charge < -0.3 is 14.7 Å². The largest absolute Gasteiger partial charge is 0.494 e. The Morgan fingerprint density at radius 3 is 2.44 bits per heavy atom. The van der Waals surface area contributed by atoms with Crippen LogP contribution in [0.15, 0.2) is 42.5 Å². The summed E-state index contributed by atoms with van der Waals surface area (Å²) in [5.41, 5.74) is 1.52. The average molecular weight is 367 g/mol. The SMILES string of the molecule is CC(=O)C[C@@]1(O)C(=O)N(CCCOc2ccc(C)cc2)c2ccc(C)cc21. The number of ether oxygens (including phenoxy) is 1. The highest BCUT2D eigenvalue weighted by Gasteiger charge is 2.50. The van der Waals surface area contributed by atoms with Crippen LogP contribution in [0.3, 0.4) is 0 Å². The van der Waals surface area contributed by atoms with Crippen LogP contribution in [0.25, 0.3) is 0 Å². The summed E-state index contributed by atoms with van der Waals surface area (Å²) in [6.45, 7) is 6.18. The number of carbonyl (C=O) groups is 2. The lowest BCUT2D eigenvalue weighted by atomic mass is 9.89. The molecular weight excluding hydrogens is 342 g/mol. The Bertz CT molecular complexity index is 859. The molecule has 0 bridgehead atoms. The summed E-state index contributed by atoms with van der Waals surface area (Å²) in [6, 6.07) is 13.3. The standard InChI is InChI=1S/C22H25NO4/c1-15-5-8-18(9-6-15)27-12-4-11-23-20-10-7-16(2)13-19(20)22(26,21(23)25)14-17(3)24/h5-10,13,26H,4,11-12,14H2,1-3H3/t22-/m0/s1. The van der Waals surface area contributed by atoms with E-state index in [1.54, 1.807) is 11.0 Å². The number of hydrogen-bond donors (Lipinski definition) is 1. The average Bonchev–Trinajstić information content (AvgIpc) is 2.81. The van der Waals surface area contributed by atoms with Crippen molar-refractivity contribution in [3.8, 4) is 5.75 Å². The van der Waals surface area contributed by atoms with E-state index in [-0.39, 0.29) is 12.2 Å². The Labute approximate surface area is 159 Å². The molecule has 0 unspecified atom stereocenters. The Morgan fingerprint density at radius 2 is 1.78 bits per heavy atom. The van der Waals surface area contributed by atoms with Gasteiger partial charge in [0.15, 0.2) is 5.60 Å². The molecule has 3 rings (SSSR count). The van der Waals surface area contributed by atoms with E-state index in [1.807, 2.05) is 50.2 Å². The third-order valence-corrected chi connectivity index (χ3v) is 4.81. The molecule has 1 aliphatic rings. The van der Waals surface area contributed by atoms with Gasteiger partial charge in [-0.3, -0.25) is 9.59 Å². The zero-order chi connectivity index (χ0) is 19.6. The highest BCUT2D eigenvalue weighted by atomic mass is 16.5. The number of aliphatic hydroxyl groups is 1. The molecule has 0 radical (unpaired) electrons. The first kappa shape index (κ1) is 19.1. The van der Waals surface area contributed by atoms with Crippen LogP contribution in [0.4, 0.5) is 5.69 Å². The molecule has 0 spiro atoms. The van der Waals surface area contributed by atoms with Crippen LogP contribution in [0.2, 0.25) is 0 Å². The van der Waals surface area contributed by atoms with E-state index in [1.165, 1.54) is 12.5 Å². The van der Waals surface area contributed by atoms with Gasteiger partial charge in [-0.05, 0) is 45.4 Å². The first-order valence-electron chi connectivity index (χ1n) is 9.15. The minimum Gasteiger partial charge on any atom is -0.494 e. The summed E-state index contributed by atoms with van der Waals surface area (Å²) in [6.07, 6.45) is 0.405. The molecule has 142 valence electrons. The van der Waals surface area contributed by atoms with Crippen LogP contribution in [-0.4, -0.2) is 29.9 Å². The molecule has 2 aromatic rings. The number of ketones is 1. The topological polar surface area (TPSA) is 66.8 Å². The number of anilines is 1.